The molecule has 3 N–H and O–H groups in total. The van der Waals surface area contributed by atoms with E-state index in [1.54, 1.807) is 6.08 Å². The van der Waals surface area contributed by atoms with Gasteiger partial charge in [-0.05, 0) is 12.2 Å². The van der Waals surface area contributed by atoms with E-state index in [9.17, 15) is 0 Å². The summed E-state index contributed by atoms with van der Waals surface area (Å²) in [7, 11) is 0. The summed E-state index contributed by atoms with van der Waals surface area (Å²) < 4.78 is 0. The predicted molar refractivity (Wildman–Crippen MR) is 64.3 cm³/mol. The van der Waals surface area contributed by atoms with E-state index in [2.05, 4.69) is 26.9 Å². The van der Waals surface area contributed by atoms with Crippen LogP contribution in [-0.2, 0) is 0 Å². The minimum absolute atomic E-state index is 0.134. The van der Waals surface area contributed by atoms with Crippen LogP contribution in [0, 0.1) is 0 Å². The van der Waals surface area contributed by atoms with Gasteiger partial charge in [0.05, 0.1) is 6.20 Å². The van der Waals surface area contributed by atoms with Crippen LogP contribution in [0.25, 0.3) is 0 Å². The monoisotopic (exact) mass is 237 g/mol. The third kappa shape index (κ3) is 3.71. The van der Waals surface area contributed by atoms with Gasteiger partial charge in [0.1, 0.15) is 5.69 Å². The molecule has 0 aromatic carbocycles. The molecule has 0 aliphatic carbocycles. The number of thiocarbonyl (C=S) groups is 1. The lowest BCUT2D eigenvalue weighted by Crippen LogP contribution is -2.27. The van der Waals surface area contributed by atoms with Crippen molar-refractivity contribution in [3.8, 4) is 0 Å². The molecule has 0 fully saturated rings. The molecule has 0 atom stereocenters. The van der Waals surface area contributed by atoms with Gasteiger partial charge in [0.25, 0.3) is 0 Å². The van der Waals surface area contributed by atoms with Gasteiger partial charge in [0.2, 0.25) is 0 Å². The third-order valence-electron chi connectivity index (χ3n) is 1.52. The molecule has 16 heavy (non-hydrogen) atoms. The Hall–Kier alpha value is -1.86. The highest BCUT2D eigenvalue weighted by atomic mass is 32.1. The third-order valence-corrected chi connectivity index (χ3v) is 1.76. The Bertz CT molecular complexity index is 392. The highest BCUT2D eigenvalue weighted by molar-refractivity contribution is 7.80. The van der Waals surface area contributed by atoms with Crippen LogP contribution < -0.4 is 10.8 Å². The smallest absolute Gasteiger partial charge is 0.195 e. The molecule has 0 saturated carbocycles. The highest BCUT2D eigenvalue weighted by Gasteiger charge is 2.04. The first kappa shape index (κ1) is 12.2. The number of amidine groups is 1. The lowest BCUT2D eigenvalue weighted by atomic mass is 10.4. The maximum absolute atomic E-state index is 8.90. The molecule has 0 unspecified atom stereocenters. The average molecular weight is 237 g/mol. The van der Waals surface area contributed by atoms with Crippen LogP contribution >= 0.6 is 12.2 Å². The Balaban J connectivity index is 2.78. The number of nitrogens with zero attached hydrogens (tertiary/aromatic N) is 3. The Kier molecular flexibility index (Phi) is 5.03. The molecule has 84 valence electrons. The largest absolute Gasteiger partial charge is 0.357 e. The molecule has 7 heteroatoms. The summed E-state index contributed by atoms with van der Waals surface area (Å²) in [5.74, 6) is 0.134. The first-order valence-corrected chi connectivity index (χ1v) is 4.82. The minimum atomic E-state index is 0.134. The van der Waals surface area contributed by atoms with Crippen molar-refractivity contribution in [2.75, 3.05) is 6.54 Å². The van der Waals surface area contributed by atoms with Gasteiger partial charge in [-0.3, -0.25) is 15.7 Å². The molecule has 0 aliphatic rings. The van der Waals surface area contributed by atoms with Crippen LogP contribution in [-0.4, -0.2) is 32.7 Å². The molecule has 0 aliphatic heterocycles. The Labute approximate surface area is 98.1 Å². The van der Waals surface area contributed by atoms with Crippen molar-refractivity contribution in [1.82, 2.24) is 20.8 Å². The van der Waals surface area contributed by atoms with Gasteiger partial charge in [0, 0.05) is 18.9 Å². The van der Waals surface area contributed by atoms with Crippen LogP contribution in [0.4, 0.5) is 0 Å². The van der Waals surface area contributed by atoms with E-state index in [1.165, 1.54) is 18.6 Å². The fraction of sp³-hybridized carbons (Fsp3) is 0.111. The fourth-order valence-electron chi connectivity index (χ4n) is 0.861. The molecular formula is C9H11N5OS. The molecule has 0 saturated heterocycles. The lowest BCUT2D eigenvalue weighted by molar-refractivity contribution is 0.235. The van der Waals surface area contributed by atoms with E-state index in [0.717, 1.165) is 0 Å². The topological polar surface area (TPSA) is 82.4 Å². The van der Waals surface area contributed by atoms with E-state index in [1.807, 2.05) is 5.48 Å². The van der Waals surface area contributed by atoms with Crippen molar-refractivity contribution in [1.29, 1.82) is 0 Å². The van der Waals surface area contributed by atoms with Crippen molar-refractivity contribution in [3.63, 3.8) is 0 Å². The molecule has 0 spiro atoms. The first-order valence-electron chi connectivity index (χ1n) is 4.42. The molecular weight excluding hydrogens is 226 g/mol. The van der Waals surface area contributed by atoms with Gasteiger partial charge in [-0.1, -0.05) is 6.08 Å². The van der Waals surface area contributed by atoms with E-state index in [4.69, 9.17) is 17.4 Å². The minimum Gasteiger partial charge on any atom is -0.357 e. The molecule has 1 rings (SSSR count). The molecule has 0 bridgehead atoms. The summed E-state index contributed by atoms with van der Waals surface area (Å²) in [4.78, 5) is 11.7. The number of aliphatic imine (C=N–C) groups is 1. The second-order valence-electron chi connectivity index (χ2n) is 2.64. The predicted octanol–water partition coefficient (Wildman–Crippen LogP) is 0.262. The summed E-state index contributed by atoms with van der Waals surface area (Å²) in [6.07, 6.45) is 6.11. The van der Waals surface area contributed by atoms with Gasteiger partial charge in [-0.25, -0.2) is 4.98 Å². The molecule has 0 radical (unpaired) electrons. The van der Waals surface area contributed by atoms with Crippen LogP contribution in [0.5, 0.6) is 0 Å². The summed E-state index contributed by atoms with van der Waals surface area (Å²) in [5, 5.41) is 11.9. The first-order chi connectivity index (χ1) is 7.77. The zero-order valence-electron chi connectivity index (χ0n) is 8.42. The van der Waals surface area contributed by atoms with E-state index < -0.39 is 0 Å². The second kappa shape index (κ2) is 6.59. The van der Waals surface area contributed by atoms with E-state index in [0.29, 0.717) is 12.2 Å². The van der Waals surface area contributed by atoms with Gasteiger partial charge in [-0.15, -0.1) is 6.58 Å². The van der Waals surface area contributed by atoms with Crippen LogP contribution in [0.1, 0.15) is 5.69 Å². The fourth-order valence-corrected chi connectivity index (χ4v) is 1.04. The second-order valence-corrected chi connectivity index (χ2v) is 3.02. The van der Waals surface area contributed by atoms with Gasteiger partial charge in [-0.2, -0.15) is 4.99 Å². The number of aromatic nitrogens is 2. The quantitative estimate of drug-likeness (QED) is 0.230. The molecule has 0 amide bonds. The Morgan fingerprint density at radius 2 is 2.44 bits per heavy atom. The van der Waals surface area contributed by atoms with Gasteiger partial charge >= 0.3 is 0 Å². The van der Waals surface area contributed by atoms with Crippen molar-refractivity contribution >= 4 is 23.2 Å². The summed E-state index contributed by atoms with van der Waals surface area (Å²) in [5.41, 5.74) is 2.32. The van der Waals surface area contributed by atoms with Gasteiger partial charge in [0.15, 0.2) is 10.9 Å². The molecule has 1 aromatic heterocycles. The summed E-state index contributed by atoms with van der Waals surface area (Å²) >= 11 is 4.92. The normalized spacial score (nSPS) is 10.7. The zero-order chi connectivity index (χ0) is 11.8. The summed E-state index contributed by atoms with van der Waals surface area (Å²) in [6.45, 7) is 4.03. The number of rotatable bonds is 3. The van der Waals surface area contributed by atoms with E-state index >= 15 is 0 Å². The molecule has 6 nitrogen and oxygen atoms in total. The van der Waals surface area contributed by atoms with Crippen LogP contribution in [0.15, 0.2) is 36.2 Å². The lowest BCUT2D eigenvalue weighted by Gasteiger charge is -2.04. The highest BCUT2D eigenvalue weighted by Crippen LogP contribution is 1.92. The van der Waals surface area contributed by atoms with Crippen LogP contribution in [0.2, 0.25) is 0 Å². The van der Waals surface area contributed by atoms with Crippen molar-refractivity contribution < 1.29 is 5.21 Å². The zero-order valence-corrected chi connectivity index (χ0v) is 9.24. The standard InChI is InChI=1S/C9H11N5OS/c1-2-3-12-9(16)13-8(14-15)7-6-10-4-5-11-7/h2,4-6,15H,1,3H2,(H2,12,13,14,16). The average Bonchev–Trinajstić information content (AvgIpc) is 2.34. The van der Waals surface area contributed by atoms with Crippen molar-refractivity contribution in [2.45, 2.75) is 0 Å². The number of nitrogens with one attached hydrogen (secondary N) is 2. The molecule has 1 heterocycles. The van der Waals surface area contributed by atoms with Gasteiger partial charge < -0.3 is 5.32 Å². The van der Waals surface area contributed by atoms with Crippen molar-refractivity contribution in [2.24, 2.45) is 4.99 Å². The Morgan fingerprint density at radius 1 is 1.62 bits per heavy atom. The number of hydrogen-bond donors (Lipinski definition) is 3. The number of hydroxylamine groups is 1. The maximum Gasteiger partial charge on any atom is 0.195 e. The summed E-state index contributed by atoms with van der Waals surface area (Å²) in [6, 6.07) is 0. The number of hydrogen-bond acceptors (Lipinski definition) is 4. The van der Waals surface area contributed by atoms with Crippen molar-refractivity contribution in [3.05, 3.63) is 36.9 Å². The van der Waals surface area contributed by atoms with E-state index in [-0.39, 0.29) is 10.9 Å². The Morgan fingerprint density at radius 3 is 3.00 bits per heavy atom. The SMILES string of the molecule is C=CCNC(=S)/N=C(\NO)c1cnccn1. The maximum atomic E-state index is 8.90. The molecule has 1 aromatic rings. The van der Waals surface area contributed by atoms with Crippen LogP contribution in [0.3, 0.4) is 0 Å².